The van der Waals surface area contributed by atoms with E-state index in [2.05, 4.69) is 35.2 Å². The second-order valence-corrected chi connectivity index (χ2v) is 4.50. The summed E-state index contributed by atoms with van der Waals surface area (Å²) in [5.74, 6) is 2.54. The summed E-state index contributed by atoms with van der Waals surface area (Å²) in [4.78, 5) is 2.52. The van der Waals surface area contributed by atoms with Crippen LogP contribution in [-0.4, -0.2) is 23.1 Å². The highest BCUT2D eigenvalue weighted by Crippen LogP contribution is 2.15. The predicted molar refractivity (Wildman–Crippen MR) is 58.8 cm³/mol. The van der Waals surface area contributed by atoms with Gasteiger partial charge in [0.05, 0.1) is 0 Å². The molecule has 1 fully saturated rings. The SMILES string of the molecule is c1ccc(CN2CCCSC2)cc1. The molecule has 1 aliphatic heterocycles. The fourth-order valence-corrected chi connectivity index (χ4v) is 2.56. The summed E-state index contributed by atoms with van der Waals surface area (Å²) < 4.78 is 0. The molecule has 0 spiro atoms. The lowest BCUT2D eigenvalue weighted by Gasteiger charge is -2.25. The molecule has 0 amide bonds. The van der Waals surface area contributed by atoms with Crippen LogP contribution in [0.5, 0.6) is 0 Å². The van der Waals surface area contributed by atoms with E-state index in [1.54, 1.807) is 0 Å². The van der Waals surface area contributed by atoms with Crippen LogP contribution in [0.25, 0.3) is 0 Å². The van der Waals surface area contributed by atoms with Gasteiger partial charge in [-0.2, -0.15) is 0 Å². The third-order valence-electron chi connectivity index (χ3n) is 2.29. The number of hydrogen-bond acceptors (Lipinski definition) is 2. The van der Waals surface area contributed by atoms with Crippen molar-refractivity contribution >= 4 is 11.8 Å². The number of hydrogen-bond donors (Lipinski definition) is 0. The molecule has 13 heavy (non-hydrogen) atoms. The van der Waals surface area contributed by atoms with E-state index in [4.69, 9.17) is 0 Å². The molecule has 1 aromatic carbocycles. The van der Waals surface area contributed by atoms with Crippen LogP contribution in [-0.2, 0) is 6.54 Å². The minimum absolute atomic E-state index is 1.12. The summed E-state index contributed by atoms with van der Waals surface area (Å²) in [6.07, 6.45) is 1.34. The van der Waals surface area contributed by atoms with Crippen molar-refractivity contribution in [2.24, 2.45) is 0 Å². The molecule has 70 valence electrons. The number of nitrogens with zero attached hydrogens (tertiary/aromatic N) is 1. The van der Waals surface area contributed by atoms with Crippen molar-refractivity contribution in [2.75, 3.05) is 18.2 Å². The molecular formula is C11H15NS. The van der Waals surface area contributed by atoms with Crippen molar-refractivity contribution in [2.45, 2.75) is 13.0 Å². The molecular weight excluding hydrogens is 178 g/mol. The van der Waals surface area contributed by atoms with Crippen LogP contribution in [0.4, 0.5) is 0 Å². The van der Waals surface area contributed by atoms with Gasteiger partial charge in [0.25, 0.3) is 0 Å². The van der Waals surface area contributed by atoms with E-state index in [0.29, 0.717) is 0 Å². The van der Waals surface area contributed by atoms with Crippen LogP contribution >= 0.6 is 11.8 Å². The lowest BCUT2D eigenvalue weighted by atomic mass is 10.2. The Bertz CT molecular complexity index is 242. The van der Waals surface area contributed by atoms with E-state index in [0.717, 1.165) is 6.54 Å². The highest BCUT2D eigenvalue weighted by atomic mass is 32.2. The average molecular weight is 193 g/mol. The Hall–Kier alpha value is -0.470. The van der Waals surface area contributed by atoms with E-state index < -0.39 is 0 Å². The minimum atomic E-state index is 1.12. The molecule has 2 heteroatoms. The standard InChI is InChI=1S/C11H15NS/c1-2-5-11(6-3-1)9-12-7-4-8-13-10-12/h1-3,5-6H,4,7-10H2. The van der Waals surface area contributed by atoms with Gasteiger partial charge in [0.1, 0.15) is 0 Å². The normalized spacial score (nSPS) is 18.8. The first-order chi connectivity index (χ1) is 6.45. The van der Waals surface area contributed by atoms with E-state index in [1.165, 1.54) is 30.2 Å². The number of thioether (sulfide) groups is 1. The van der Waals surface area contributed by atoms with Gasteiger partial charge >= 0.3 is 0 Å². The van der Waals surface area contributed by atoms with Crippen LogP contribution in [0, 0.1) is 0 Å². The van der Waals surface area contributed by atoms with E-state index in [-0.39, 0.29) is 0 Å². The molecule has 2 rings (SSSR count). The van der Waals surface area contributed by atoms with Gasteiger partial charge in [0.15, 0.2) is 0 Å². The van der Waals surface area contributed by atoms with Gasteiger partial charge in [-0.05, 0) is 17.7 Å². The first-order valence-electron chi connectivity index (χ1n) is 4.79. The molecule has 1 heterocycles. The molecule has 1 saturated heterocycles. The third-order valence-corrected chi connectivity index (χ3v) is 3.41. The maximum atomic E-state index is 2.52. The lowest BCUT2D eigenvalue weighted by molar-refractivity contribution is 0.307. The summed E-state index contributed by atoms with van der Waals surface area (Å²) in [5.41, 5.74) is 1.44. The van der Waals surface area contributed by atoms with Crippen LogP contribution in [0.1, 0.15) is 12.0 Å². The minimum Gasteiger partial charge on any atom is -0.290 e. The van der Waals surface area contributed by atoms with Crippen molar-refractivity contribution < 1.29 is 0 Å². The molecule has 1 nitrogen and oxygen atoms in total. The van der Waals surface area contributed by atoms with Crippen LogP contribution in [0.2, 0.25) is 0 Å². The molecule has 0 N–H and O–H groups in total. The van der Waals surface area contributed by atoms with E-state index in [9.17, 15) is 0 Å². The highest BCUT2D eigenvalue weighted by Gasteiger charge is 2.09. The zero-order valence-corrected chi connectivity index (χ0v) is 8.59. The maximum absolute atomic E-state index is 2.52. The fourth-order valence-electron chi connectivity index (χ4n) is 1.61. The molecule has 0 atom stereocenters. The molecule has 0 saturated carbocycles. The molecule has 0 bridgehead atoms. The van der Waals surface area contributed by atoms with Crippen molar-refractivity contribution in [3.05, 3.63) is 35.9 Å². The lowest BCUT2D eigenvalue weighted by Crippen LogP contribution is -2.27. The quantitative estimate of drug-likeness (QED) is 0.710. The Morgan fingerprint density at radius 2 is 2.08 bits per heavy atom. The second-order valence-electron chi connectivity index (χ2n) is 3.43. The number of rotatable bonds is 2. The van der Waals surface area contributed by atoms with Crippen LogP contribution < -0.4 is 0 Å². The Kier molecular flexibility index (Phi) is 3.27. The summed E-state index contributed by atoms with van der Waals surface area (Å²) in [6, 6.07) is 10.7. The van der Waals surface area contributed by atoms with Gasteiger partial charge in [-0.25, -0.2) is 0 Å². The zero-order chi connectivity index (χ0) is 8.93. The summed E-state index contributed by atoms with van der Waals surface area (Å²) in [7, 11) is 0. The monoisotopic (exact) mass is 193 g/mol. The average Bonchev–Trinajstić information content (AvgIpc) is 2.21. The Morgan fingerprint density at radius 1 is 1.23 bits per heavy atom. The summed E-state index contributed by atoms with van der Waals surface area (Å²) in [5, 5.41) is 0. The largest absolute Gasteiger partial charge is 0.290 e. The Balaban J connectivity index is 1.90. The first kappa shape index (κ1) is 9.10. The van der Waals surface area contributed by atoms with Gasteiger partial charge in [0.2, 0.25) is 0 Å². The van der Waals surface area contributed by atoms with Gasteiger partial charge < -0.3 is 0 Å². The number of benzene rings is 1. The van der Waals surface area contributed by atoms with Gasteiger partial charge in [0, 0.05) is 19.0 Å². The van der Waals surface area contributed by atoms with Gasteiger partial charge in [-0.3, -0.25) is 4.90 Å². The molecule has 0 unspecified atom stereocenters. The highest BCUT2D eigenvalue weighted by molar-refractivity contribution is 7.99. The molecule has 1 aliphatic rings. The molecule has 0 radical (unpaired) electrons. The van der Waals surface area contributed by atoms with E-state index in [1.807, 2.05) is 11.8 Å². The van der Waals surface area contributed by atoms with Gasteiger partial charge in [-0.1, -0.05) is 30.3 Å². The zero-order valence-electron chi connectivity index (χ0n) is 7.78. The summed E-state index contributed by atoms with van der Waals surface area (Å²) in [6.45, 7) is 2.38. The smallest absolute Gasteiger partial charge is 0.0447 e. The summed E-state index contributed by atoms with van der Waals surface area (Å²) >= 11 is 2.05. The van der Waals surface area contributed by atoms with Crippen molar-refractivity contribution in [1.82, 2.24) is 4.90 Å². The predicted octanol–water partition coefficient (Wildman–Crippen LogP) is 2.58. The third kappa shape index (κ3) is 2.75. The second kappa shape index (κ2) is 4.68. The van der Waals surface area contributed by atoms with E-state index >= 15 is 0 Å². The first-order valence-corrected chi connectivity index (χ1v) is 5.94. The maximum Gasteiger partial charge on any atom is 0.0447 e. The van der Waals surface area contributed by atoms with Crippen LogP contribution in [0.15, 0.2) is 30.3 Å². The van der Waals surface area contributed by atoms with Crippen LogP contribution in [0.3, 0.4) is 0 Å². The van der Waals surface area contributed by atoms with Gasteiger partial charge in [-0.15, -0.1) is 11.8 Å². The molecule has 0 aliphatic carbocycles. The van der Waals surface area contributed by atoms with Crippen molar-refractivity contribution in [3.8, 4) is 0 Å². The topological polar surface area (TPSA) is 3.24 Å². The fraction of sp³-hybridized carbons (Fsp3) is 0.455. The van der Waals surface area contributed by atoms with Crippen molar-refractivity contribution in [3.63, 3.8) is 0 Å². The van der Waals surface area contributed by atoms with Crippen molar-refractivity contribution in [1.29, 1.82) is 0 Å². The molecule has 1 aromatic rings. The molecule has 0 aromatic heterocycles. The Labute approximate surface area is 84.1 Å². The Morgan fingerprint density at radius 3 is 2.77 bits per heavy atom.